The molecular weight excluding hydrogens is 224 g/mol. The minimum atomic E-state index is -0.524. The highest BCUT2D eigenvalue weighted by molar-refractivity contribution is 5.59. The van der Waals surface area contributed by atoms with E-state index in [9.17, 15) is 15.2 Å². The van der Waals surface area contributed by atoms with Crippen LogP contribution in [0.15, 0.2) is 12.1 Å². The van der Waals surface area contributed by atoms with Crippen molar-refractivity contribution in [1.29, 1.82) is 0 Å². The molecule has 7 heteroatoms. The smallest absolute Gasteiger partial charge is 0.311 e. The third-order valence-corrected chi connectivity index (χ3v) is 2.17. The van der Waals surface area contributed by atoms with Gasteiger partial charge in [0.25, 0.3) is 0 Å². The van der Waals surface area contributed by atoms with Gasteiger partial charge in [-0.1, -0.05) is 0 Å². The molecule has 0 fully saturated rings. The lowest BCUT2D eigenvalue weighted by Crippen LogP contribution is -2.22. The van der Waals surface area contributed by atoms with Crippen molar-refractivity contribution in [3.05, 3.63) is 22.2 Å². The van der Waals surface area contributed by atoms with Crippen molar-refractivity contribution in [3.63, 3.8) is 0 Å². The molecule has 0 saturated carbocycles. The fourth-order valence-corrected chi connectivity index (χ4v) is 1.52. The van der Waals surface area contributed by atoms with E-state index in [1.54, 1.807) is 13.8 Å². The Morgan fingerprint density at radius 1 is 1.59 bits per heavy atom. The molecule has 2 atom stereocenters. The molecule has 1 heterocycles. The fourth-order valence-electron chi connectivity index (χ4n) is 1.52. The summed E-state index contributed by atoms with van der Waals surface area (Å²) in [5, 5.41) is 22.9. The van der Waals surface area contributed by atoms with Crippen LogP contribution in [-0.2, 0) is 0 Å². The average Bonchev–Trinajstić information content (AvgIpc) is 2.15. The van der Waals surface area contributed by atoms with Crippen molar-refractivity contribution in [1.82, 2.24) is 4.98 Å². The largest absolute Gasteiger partial charge is 0.393 e. The summed E-state index contributed by atoms with van der Waals surface area (Å²) in [4.78, 5) is 14.1. The molecule has 1 aromatic rings. The van der Waals surface area contributed by atoms with Gasteiger partial charge >= 0.3 is 5.69 Å². The Morgan fingerprint density at radius 3 is 2.76 bits per heavy atom. The second-order valence-corrected chi connectivity index (χ2v) is 3.99. The van der Waals surface area contributed by atoms with Crippen LogP contribution in [0.4, 0.5) is 17.3 Å². The molecule has 0 aliphatic rings. The van der Waals surface area contributed by atoms with Gasteiger partial charge in [-0.2, -0.15) is 0 Å². The predicted octanol–water partition coefficient (Wildman–Crippen LogP) is 1.14. The molecule has 4 N–H and O–H groups in total. The normalized spacial score (nSPS) is 14.1. The number of hydrogen-bond acceptors (Lipinski definition) is 6. The first-order chi connectivity index (χ1) is 7.90. The summed E-state index contributed by atoms with van der Waals surface area (Å²) in [5.41, 5.74) is 5.35. The number of nitrogens with zero attached hydrogens (tertiary/aromatic N) is 2. The highest BCUT2D eigenvalue weighted by Crippen LogP contribution is 2.24. The highest BCUT2D eigenvalue weighted by Gasteiger charge is 2.17. The van der Waals surface area contributed by atoms with Gasteiger partial charge in [-0.3, -0.25) is 10.1 Å². The zero-order chi connectivity index (χ0) is 13.0. The summed E-state index contributed by atoms with van der Waals surface area (Å²) < 4.78 is 0. The monoisotopic (exact) mass is 240 g/mol. The number of nitro groups is 1. The number of aliphatic hydroxyl groups excluding tert-OH is 1. The van der Waals surface area contributed by atoms with Crippen LogP contribution < -0.4 is 11.1 Å². The van der Waals surface area contributed by atoms with Crippen LogP contribution in [-0.4, -0.2) is 27.2 Å². The van der Waals surface area contributed by atoms with Crippen molar-refractivity contribution in [2.24, 2.45) is 0 Å². The van der Waals surface area contributed by atoms with E-state index in [2.05, 4.69) is 10.3 Å². The van der Waals surface area contributed by atoms with Crippen molar-refractivity contribution in [3.8, 4) is 0 Å². The first-order valence-electron chi connectivity index (χ1n) is 5.25. The van der Waals surface area contributed by atoms with Crippen LogP contribution >= 0.6 is 0 Å². The van der Waals surface area contributed by atoms with Gasteiger partial charge in [0.15, 0.2) is 0 Å². The van der Waals surface area contributed by atoms with Gasteiger partial charge in [0, 0.05) is 12.1 Å². The number of nitrogens with one attached hydrogen (secondary N) is 1. The molecule has 0 aliphatic carbocycles. The van der Waals surface area contributed by atoms with Crippen molar-refractivity contribution in [2.45, 2.75) is 32.4 Å². The number of rotatable bonds is 5. The van der Waals surface area contributed by atoms with E-state index in [-0.39, 0.29) is 23.4 Å². The third-order valence-electron chi connectivity index (χ3n) is 2.17. The van der Waals surface area contributed by atoms with Gasteiger partial charge in [0.1, 0.15) is 5.82 Å². The summed E-state index contributed by atoms with van der Waals surface area (Å²) in [6.45, 7) is 3.46. The van der Waals surface area contributed by atoms with Crippen molar-refractivity contribution < 1.29 is 10.0 Å². The van der Waals surface area contributed by atoms with Crippen LogP contribution in [0.2, 0.25) is 0 Å². The number of aromatic nitrogens is 1. The lowest BCUT2D eigenvalue weighted by molar-refractivity contribution is -0.384. The maximum atomic E-state index is 10.8. The zero-order valence-corrected chi connectivity index (χ0v) is 9.75. The Kier molecular flexibility index (Phi) is 4.22. The van der Waals surface area contributed by atoms with Gasteiger partial charge < -0.3 is 16.2 Å². The Labute approximate surface area is 98.8 Å². The summed E-state index contributed by atoms with van der Waals surface area (Å²) in [5.74, 6) is 0.338. The molecule has 94 valence electrons. The van der Waals surface area contributed by atoms with Crippen molar-refractivity contribution >= 4 is 17.3 Å². The molecule has 0 aromatic carbocycles. The average molecular weight is 240 g/mol. The maximum absolute atomic E-state index is 10.8. The topological polar surface area (TPSA) is 114 Å². The van der Waals surface area contributed by atoms with Crippen LogP contribution in [0.3, 0.4) is 0 Å². The minimum absolute atomic E-state index is 0.128. The summed E-state index contributed by atoms with van der Waals surface area (Å²) >= 11 is 0. The molecule has 0 bridgehead atoms. The van der Waals surface area contributed by atoms with E-state index in [0.29, 0.717) is 6.42 Å². The van der Waals surface area contributed by atoms with E-state index in [1.165, 1.54) is 12.1 Å². The number of nitrogen functional groups attached to an aromatic ring is 1. The Hall–Kier alpha value is -1.89. The maximum Gasteiger partial charge on any atom is 0.311 e. The number of aliphatic hydroxyl groups is 1. The number of pyridine rings is 1. The van der Waals surface area contributed by atoms with Gasteiger partial charge in [0.05, 0.1) is 11.0 Å². The van der Waals surface area contributed by atoms with E-state index in [1.807, 2.05) is 0 Å². The highest BCUT2D eigenvalue weighted by atomic mass is 16.6. The SMILES string of the molecule is CC(O)CC(C)Nc1nc(N)ccc1[N+](=O)[O-]. The molecule has 0 aliphatic heterocycles. The minimum Gasteiger partial charge on any atom is -0.393 e. The van der Waals surface area contributed by atoms with Gasteiger partial charge in [-0.05, 0) is 26.3 Å². The van der Waals surface area contributed by atoms with Gasteiger partial charge in [0.2, 0.25) is 5.82 Å². The van der Waals surface area contributed by atoms with Crippen molar-refractivity contribution in [2.75, 3.05) is 11.1 Å². The molecule has 2 unspecified atom stereocenters. The lowest BCUT2D eigenvalue weighted by atomic mass is 10.1. The molecule has 1 rings (SSSR count). The predicted molar refractivity (Wildman–Crippen MR) is 64.7 cm³/mol. The second-order valence-electron chi connectivity index (χ2n) is 3.99. The zero-order valence-electron chi connectivity index (χ0n) is 9.75. The number of anilines is 2. The van der Waals surface area contributed by atoms with Gasteiger partial charge in [-0.25, -0.2) is 4.98 Å². The Bertz CT molecular complexity index is 409. The molecule has 0 saturated heterocycles. The second kappa shape index (κ2) is 5.44. The molecule has 0 spiro atoms. The Morgan fingerprint density at radius 2 is 2.24 bits per heavy atom. The number of nitrogens with two attached hydrogens (primary N) is 1. The summed E-state index contributed by atoms with van der Waals surface area (Å²) in [6.07, 6.45) is -0.0224. The number of hydrogen-bond donors (Lipinski definition) is 3. The molecule has 1 aromatic heterocycles. The van der Waals surface area contributed by atoms with Crippen LogP contribution in [0, 0.1) is 10.1 Å². The standard InChI is InChI=1S/C10H16N4O3/c1-6(5-7(2)15)12-10-8(14(16)17)3-4-9(11)13-10/h3-4,6-7,15H,5H2,1-2H3,(H3,11,12,13). The van der Waals surface area contributed by atoms with E-state index in [4.69, 9.17) is 5.73 Å². The van der Waals surface area contributed by atoms with Crippen LogP contribution in [0.25, 0.3) is 0 Å². The van der Waals surface area contributed by atoms with E-state index < -0.39 is 11.0 Å². The van der Waals surface area contributed by atoms with Gasteiger partial charge in [-0.15, -0.1) is 0 Å². The fraction of sp³-hybridized carbons (Fsp3) is 0.500. The Balaban J connectivity index is 2.88. The van der Waals surface area contributed by atoms with Crippen LogP contribution in [0.1, 0.15) is 20.3 Å². The molecule has 7 nitrogen and oxygen atoms in total. The summed E-state index contributed by atoms with van der Waals surface area (Å²) in [7, 11) is 0. The first-order valence-corrected chi connectivity index (χ1v) is 5.25. The molecular formula is C10H16N4O3. The summed E-state index contributed by atoms with van der Waals surface area (Å²) in [6, 6.07) is 2.55. The lowest BCUT2D eigenvalue weighted by Gasteiger charge is -2.15. The molecule has 0 amide bonds. The molecule has 0 radical (unpaired) electrons. The quantitative estimate of drug-likeness (QED) is 0.525. The third kappa shape index (κ3) is 3.87. The van der Waals surface area contributed by atoms with Crippen LogP contribution in [0.5, 0.6) is 0 Å². The van der Waals surface area contributed by atoms with E-state index in [0.717, 1.165) is 0 Å². The van der Waals surface area contributed by atoms with E-state index >= 15 is 0 Å². The molecule has 17 heavy (non-hydrogen) atoms. The first kappa shape index (κ1) is 13.2.